The third kappa shape index (κ3) is 4.05. The van der Waals surface area contributed by atoms with Crippen molar-refractivity contribution in [2.24, 2.45) is 0 Å². The number of rotatable bonds is 3. The quantitative estimate of drug-likeness (QED) is 0.554. The van der Waals surface area contributed by atoms with Crippen LogP contribution in [0.15, 0.2) is 72.8 Å². The Morgan fingerprint density at radius 1 is 0.840 bits per heavy atom. The lowest BCUT2D eigenvalue weighted by atomic mass is 10.0. The first-order valence-electron chi connectivity index (χ1n) is 7.66. The van der Waals surface area contributed by atoms with Crippen LogP contribution in [-0.4, -0.2) is 11.8 Å². The number of hydrazine groups is 1. The molecule has 2 N–H and O–H groups in total. The summed E-state index contributed by atoms with van der Waals surface area (Å²) in [5.74, 6) is -0.911. The summed E-state index contributed by atoms with van der Waals surface area (Å²) in [7, 11) is 0. The SMILES string of the molecule is O=C(C=Cc1cccc2ccccc12)NNC(=O)c1ccccc1Cl. The van der Waals surface area contributed by atoms with Crippen LogP contribution in [-0.2, 0) is 4.79 Å². The molecular weight excluding hydrogens is 336 g/mol. The molecule has 0 aliphatic carbocycles. The maximum absolute atomic E-state index is 12.0. The number of carbonyl (C=O) groups excluding carboxylic acids is 2. The molecule has 0 radical (unpaired) electrons. The van der Waals surface area contributed by atoms with Gasteiger partial charge in [-0.2, -0.15) is 0 Å². The van der Waals surface area contributed by atoms with Crippen molar-refractivity contribution >= 4 is 40.3 Å². The highest BCUT2D eigenvalue weighted by Gasteiger charge is 2.09. The van der Waals surface area contributed by atoms with Gasteiger partial charge in [-0.25, -0.2) is 0 Å². The fraction of sp³-hybridized carbons (Fsp3) is 0. The Balaban J connectivity index is 1.65. The average molecular weight is 351 g/mol. The Kier molecular flexibility index (Phi) is 5.11. The number of benzene rings is 3. The lowest BCUT2D eigenvalue weighted by Gasteiger charge is -2.06. The monoisotopic (exact) mass is 350 g/mol. The largest absolute Gasteiger partial charge is 0.271 e. The summed E-state index contributed by atoms with van der Waals surface area (Å²) in [6.45, 7) is 0. The van der Waals surface area contributed by atoms with Crippen molar-refractivity contribution in [1.82, 2.24) is 10.9 Å². The van der Waals surface area contributed by atoms with E-state index in [1.165, 1.54) is 6.08 Å². The Labute approximate surface area is 150 Å². The normalized spacial score (nSPS) is 10.8. The van der Waals surface area contributed by atoms with Gasteiger partial charge >= 0.3 is 0 Å². The molecule has 0 heterocycles. The van der Waals surface area contributed by atoms with E-state index in [-0.39, 0.29) is 0 Å². The van der Waals surface area contributed by atoms with Crippen LogP contribution in [0.3, 0.4) is 0 Å². The van der Waals surface area contributed by atoms with Crippen LogP contribution in [0.1, 0.15) is 15.9 Å². The molecular formula is C20H15ClN2O2. The number of nitrogens with one attached hydrogen (secondary N) is 2. The number of hydrogen-bond acceptors (Lipinski definition) is 2. The Hall–Kier alpha value is -3.11. The number of hydrogen-bond donors (Lipinski definition) is 2. The van der Waals surface area contributed by atoms with Crippen LogP contribution in [0, 0.1) is 0 Å². The Morgan fingerprint density at radius 3 is 2.40 bits per heavy atom. The van der Waals surface area contributed by atoms with Crippen molar-refractivity contribution < 1.29 is 9.59 Å². The first-order valence-corrected chi connectivity index (χ1v) is 8.03. The number of amides is 2. The topological polar surface area (TPSA) is 58.2 Å². The summed E-state index contributed by atoms with van der Waals surface area (Å²) in [6.07, 6.45) is 3.08. The van der Waals surface area contributed by atoms with Gasteiger partial charge in [-0.3, -0.25) is 20.4 Å². The number of halogens is 1. The van der Waals surface area contributed by atoms with Gasteiger partial charge in [0, 0.05) is 6.08 Å². The molecule has 0 aliphatic rings. The lowest BCUT2D eigenvalue weighted by Crippen LogP contribution is -2.40. The van der Waals surface area contributed by atoms with Crippen molar-refractivity contribution in [3.05, 3.63) is 89.0 Å². The minimum atomic E-state index is -0.475. The fourth-order valence-electron chi connectivity index (χ4n) is 2.43. The van der Waals surface area contributed by atoms with E-state index in [1.54, 1.807) is 30.3 Å². The molecule has 0 aliphatic heterocycles. The molecule has 5 heteroatoms. The van der Waals surface area contributed by atoms with Crippen LogP contribution >= 0.6 is 11.6 Å². The van der Waals surface area contributed by atoms with E-state index in [9.17, 15) is 9.59 Å². The van der Waals surface area contributed by atoms with Gasteiger partial charge in [0.1, 0.15) is 0 Å². The predicted octanol–water partition coefficient (Wildman–Crippen LogP) is 3.97. The molecule has 0 bridgehead atoms. The summed E-state index contributed by atoms with van der Waals surface area (Å²) < 4.78 is 0. The third-order valence-corrected chi connectivity index (χ3v) is 3.98. The molecule has 0 atom stereocenters. The number of fused-ring (bicyclic) bond motifs is 1. The Morgan fingerprint density at radius 2 is 1.56 bits per heavy atom. The third-order valence-electron chi connectivity index (χ3n) is 3.66. The standard InChI is InChI=1S/C20H15ClN2O2/c21-18-11-4-3-10-17(18)20(25)23-22-19(24)13-12-15-8-5-7-14-6-1-2-9-16(14)15/h1-13H,(H,22,24)(H,23,25). The zero-order chi connectivity index (χ0) is 17.6. The van der Waals surface area contributed by atoms with Gasteiger partial charge in [0.05, 0.1) is 10.6 Å². The molecule has 25 heavy (non-hydrogen) atoms. The highest BCUT2D eigenvalue weighted by atomic mass is 35.5. The second-order valence-corrected chi connectivity index (χ2v) is 5.73. The molecule has 0 saturated heterocycles. The van der Waals surface area contributed by atoms with E-state index in [0.29, 0.717) is 10.6 Å². The molecule has 3 aromatic carbocycles. The van der Waals surface area contributed by atoms with E-state index in [1.807, 2.05) is 42.5 Å². The average Bonchev–Trinajstić information content (AvgIpc) is 2.64. The van der Waals surface area contributed by atoms with Gasteiger partial charge in [-0.15, -0.1) is 0 Å². The maximum atomic E-state index is 12.0. The summed E-state index contributed by atoms with van der Waals surface area (Å²) in [4.78, 5) is 23.9. The molecule has 0 aromatic heterocycles. The van der Waals surface area contributed by atoms with Crippen molar-refractivity contribution in [2.45, 2.75) is 0 Å². The maximum Gasteiger partial charge on any atom is 0.271 e. The zero-order valence-electron chi connectivity index (χ0n) is 13.2. The van der Waals surface area contributed by atoms with Gasteiger partial charge in [0.25, 0.3) is 11.8 Å². The highest BCUT2D eigenvalue weighted by Crippen LogP contribution is 2.19. The fourth-order valence-corrected chi connectivity index (χ4v) is 2.66. The predicted molar refractivity (Wildman–Crippen MR) is 100 cm³/mol. The van der Waals surface area contributed by atoms with E-state index in [0.717, 1.165) is 16.3 Å². The van der Waals surface area contributed by atoms with Gasteiger partial charge in [0.15, 0.2) is 0 Å². The van der Waals surface area contributed by atoms with Crippen molar-refractivity contribution in [3.63, 3.8) is 0 Å². The highest BCUT2D eigenvalue weighted by molar-refractivity contribution is 6.33. The minimum absolute atomic E-state index is 0.294. The molecule has 124 valence electrons. The van der Waals surface area contributed by atoms with Crippen LogP contribution in [0.4, 0.5) is 0 Å². The minimum Gasteiger partial charge on any atom is -0.268 e. The smallest absolute Gasteiger partial charge is 0.268 e. The van der Waals surface area contributed by atoms with Crippen molar-refractivity contribution in [3.8, 4) is 0 Å². The molecule has 0 unspecified atom stereocenters. The molecule has 0 spiro atoms. The van der Waals surface area contributed by atoms with E-state index < -0.39 is 11.8 Å². The van der Waals surface area contributed by atoms with Gasteiger partial charge < -0.3 is 0 Å². The lowest BCUT2D eigenvalue weighted by molar-refractivity contribution is -0.117. The molecule has 3 aromatic rings. The summed E-state index contributed by atoms with van der Waals surface area (Å²) in [5.41, 5.74) is 5.90. The second-order valence-electron chi connectivity index (χ2n) is 5.32. The van der Waals surface area contributed by atoms with Gasteiger partial charge in [-0.1, -0.05) is 66.2 Å². The number of carbonyl (C=O) groups is 2. The van der Waals surface area contributed by atoms with Crippen LogP contribution in [0.25, 0.3) is 16.8 Å². The summed E-state index contributed by atoms with van der Waals surface area (Å²) >= 11 is 5.94. The second kappa shape index (κ2) is 7.64. The molecule has 0 saturated carbocycles. The molecule has 3 rings (SSSR count). The first-order chi connectivity index (χ1) is 12.1. The Bertz CT molecular complexity index is 961. The first kappa shape index (κ1) is 16.7. The summed E-state index contributed by atoms with van der Waals surface area (Å²) in [6, 6.07) is 20.4. The van der Waals surface area contributed by atoms with Crippen LogP contribution in [0.2, 0.25) is 5.02 Å². The van der Waals surface area contributed by atoms with Gasteiger partial charge in [-0.05, 0) is 34.5 Å². The molecule has 4 nitrogen and oxygen atoms in total. The van der Waals surface area contributed by atoms with E-state index >= 15 is 0 Å². The van der Waals surface area contributed by atoms with E-state index in [4.69, 9.17) is 11.6 Å². The van der Waals surface area contributed by atoms with E-state index in [2.05, 4.69) is 10.9 Å². The summed E-state index contributed by atoms with van der Waals surface area (Å²) in [5, 5.41) is 2.46. The van der Waals surface area contributed by atoms with Crippen molar-refractivity contribution in [1.29, 1.82) is 0 Å². The van der Waals surface area contributed by atoms with Crippen LogP contribution < -0.4 is 10.9 Å². The zero-order valence-corrected chi connectivity index (χ0v) is 14.0. The molecule has 0 fully saturated rings. The molecule has 2 amide bonds. The van der Waals surface area contributed by atoms with Crippen LogP contribution in [0.5, 0.6) is 0 Å². The van der Waals surface area contributed by atoms with Gasteiger partial charge in [0.2, 0.25) is 0 Å². The van der Waals surface area contributed by atoms with Crippen molar-refractivity contribution in [2.75, 3.05) is 0 Å².